The van der Waals surface area contributed by atoms with Gasteiger partial charge in [0, 0.05) is 20.7 Å². The number of hydrogen-bond acceptors (Lipinski definition) is 4. The molecule has 1 N–H and O–H groups in total. The number of ether oxygens (including phenoxy) is 1. The van der Waals surface area contributed by atoms with Crippen LogP contribution in [0.4, 0.5) is 0 Å². The van der Waals surface area contributed by atoms with Crippen molar-refractivity contribution in [3.63, 3.8) is 0 Å². The molecule has 0 aromatic heterocycles. The number of likely N-dealkylation sites (N-methyl/N-ethyl adjacent to an activating group) is 1. The van der Waals surface area contributed by atoms with Gasteiger partial charge >= 0.3 is 5.97 Å². The van der Waals surface area contributed by atoms with E-state index in [2.05, 4.69) is 0 Å². The van der Waals surface area contributed by atoms with Crippen LogP contribution in [0.5, 0.6) is 0 Å². The van der Waals surface area contributed by atoms with Crippen LogP contribution < -0.4 is 0 Å². The Kier molecular flexibility index (Phi) is 5.66. The molecule has 0 atom stereocenters. The molecule has 0 saturated carbocycles. The molecule has 0 radical (unpaired) electrons. The number of hydrogen-bond donors (Lipinski definition) is 1. The lowest BCUT2D eigenvalue weighted by atomic mass is 10.5. The van der Waals surface area contributed by atoms with Gasteiger partial charge in [0.05, 0.1) is 18.8 Å². The van der Waals surface area contributed by atoms with Crippen LogP contribution in [0.15, 0.2) is 0 Å². The smallest absolute Gasteiger partial charge is 0.304 e. The zero-order chi connectivity index (χ0) is 11.2. The van der Waals surface area contributed by atoms with E-state index in [9.17, 15) is 13.2 Å². The van der Waals surface area contributed by atoms with Gasteiger partial charge in [0.2, 0.25) is 10.0 Å². The molecular weight excluding hydrogens is 210 g/mol. The van der Waals surface area contributed by atoms with Gasteiger partial charge in [0.25, 0.3) is 0 Å². The van der Waals surface area contributed by atoms with Crippen molar-refractivity contribution in [3.05, 3.63) is 0 Å². The summed E-state index contributed by atoms with van der Waals surface area (Å²) in [7, 11) is -0.586. The van der Waals surface area contributed by atoms with Crippen molar-refractivity contribution in [1.82, 2.24) is 4.31 Å². The van der Waals surface area contributed by atoms with Gasteiger partial charge in [-0.05, 0) is 0 Å². The number of rotatable bonds is 7. The fourth-order valence-corrected chi connectivity index (χ4v) is 1.83. The second-order valence-corrected chi connectivity index (χ2v) is 4.97. The normalized spacial score (nSPS) is 11.9. The van der Waals surface area contributed by atoms with Gasteiger partial charge in [-0.25, -0.2) is 12.7 Å². The molecule has 0 aromatic carbocycles. The van der Waals surface area contributed by atoms with E-state index >= 15 is 0 Å². The lowest BCUT2D eigenvalue weighted by Gasteiger charge is -2.15. The average Bonchev–Trinajstić information content (AvgIpc) is 2.11. The molecule has 0 saturated heterocycles. The Morgan fingerprint density at radius 2 is 2.07 bits per heavy atom. The molecule has 0 spiro atoms. The first kappa shape index (κ1) is 13.3. The van der Waals surface area contributed by atoms with Crippen LogP contribution >= 0.6 is 0 Å². The molecule has 0 aliphatic rings. The molecule has 0 bridgehead atoms. The van der Waals surface area contributed by atoms with Crippen molar-refractivity contribution >= 4 is 16.0 Å². The molecule has 0 aromatic rings. The van der Waals surface area contributed by atoms with Crippen molar-refractivity contribution < 1.29 is 23.1 Å². The highest BCUT2D eigenvalue weighted by Crippen LogP contribution is 1.99. The summed E-state index contributed by atoms with van der Waals surface area (Å²) < 4.78 is 28.5. The molecule has 0 heterocycles. The van der Waals surface area contributed by atoms with E-state index < -0.39 is 16.0 Å². The predicted octanol–water partition coefficient (Wildman–Crippen LogP) is -0.631. The van der Waals surface area contributed by atoms with Crippen molar-refractivity contribution in [3.8, 4) is 0 Å². The van der Waals surface area contributed by atoms with E-state index in [4.69, 9.17) is 9.84 Å². The first-order chi connectivity index (χ1) is 6.40. The van der Waals surface area contributed by atoms with Gasteiger partial charge in [-0.2, -0.15) is 0 Å². The number of carboxylic acid groups (broad SMARTS) is 1. The average molecular weight is 225 g/mol. The van der Waals surface area contributed by atoms with E-state index in [1.807, 2.05) is 0 Å². The largest absolute Gasteiger partial charge is 0.481 e. The van der Waals surface area contributed by atoms with Gasteiger partial charge in [-0.1, -0.05) is 0 Å². The highest BCUT2D eigenvalue weighted by molar-refractivity contribution is 7.89. The Morgan fingerprint density at radius 3 is 2.50 bits per heavy atom. The lowest BCUT2D eigenvalue weighted by molar-refractivity contribution is -0.136. The SMILES string of the molecule is COCCN(C)S(=O)(=O)CCC(=O)O. The van der Waals surface area contributed by atoms with E-state index in [0.29, 0.717) is 6.61 Å². The first-order valence-electron chi connectivity index (χ1n) is 4.05. The molecule has 0 aliphatic heterocycles. The van der Waals surface area contributed by atoms with Gasteiger partial charge < -0.3 is 9.84 Å². The molecule has 6 nitrogen and oxygen atoms in total. The van der Waals surface area contributed by atoms with E-state index in [-0.39, 0.29) is 18.7 Å². The number of carbonyl (C=O) groups is 1. The van der Waals surface area contributed by atoms with Gasteiger partial charge in [-0.15, -0.1) is 0 Å². The Morgan fingerprint density at radius 1 is 1.50 bits per heavy atom. The van der Waals surface area contributed by atoms with Crippen LogP contribution in [0.25, 0.3) is 0 Å². The Hall–Kier alpha value is -0.660. The minimum absolute atomic E-state index is 0.235. The fraction of sp³-hybridized carbons (Fsp3) is 0.857. The minimum Gasteiger partial charge on any atom is -0.481 e. The zero-order valence-electron chi connectivity index (χ0n) is 8.26. The number of aliphatic carboxylic acids is 1. The molecule has 0 fully saturated rings. The van der Waals surface area contributed by atoms with Crippen LogP contribution in [0, 0.1) is 0 Å². The first-order valence-corrected chi connectivity index (χ1v) is 5.66. The second-order valence-electron chi connectivity index (χ2n) is 2.77. The number of sulfonamides is 1. The highest BCUT2D eigenvalue weighted by Gasteiger charge is 2.18. The van der Waals surface area contributed by atoms with Crippen LogP contribution in [0.2, 0.25) is 0 Å². The molecule has 0 aliphatic carbocycles. The van der Waals surface area contributed by atoms with Crippen LogP contribution in [-0.4, -0.2) is 56.9 Å². The summed E-state index contributed by atoms with van der Waals surface area (Å²) in [5.41, 5.74) is 0. The molecule has 84 valence electrons. The number of methoxy groups -OCH3 is 1. The second kappa shape index (κ2) is 5.94. The van der Waals surface area contributed by atoms with Crippen LogP contribution in [0.3, 0.4) is 0 Å². The molecule has 0 unspecified atom stereocenters. The van der Waals surface area contributed by atoms with E-state index in [0.717, 1.165) is 4.31 Å². The van der Waals surface area contributed by atoms with Crippen molar-refractivity contribution in [1.29, 1.82) is 0 Å². The summed E-state index contributed by atoms with van der Waals surface area (Å²) in [6, 6.07) is 0. The molecular formula is C7H15NO5S. The zero-order valence-corrected chi connectivity index (χ0v) is 9.08. The molecule has 0 rings (SSSR count). The van der Waals surface area contributed by atoms with Gasteiger partial charge in [0.15, 0.2) is 0 Å². The molecule has 14 heavy (non-hydrogen) atoms. The van der Waals surface area contributed by atoms with Gasteiger partial charge in [-0.3, -0.25) is 4.79 Å². The lowest BCUT2D eigenvalue weighted by Crippen LogP contribution is -2.32. The maximum atomic E-state index is 11.3. The summed E-state index contributed by atoms with van der Waals surface area (Å²) in [5.74, 6) is -1.49. The van der Waals surface area contributed by atoms with Crippen molar-refractivity contribution in [2.75, 3.05) is 33.1 Å². The predicted molar refractivity (Wildman–Crippen MR) is 50.5 cm³/mol. The Bertz CT molecular complexity index is 274. The maximum absolute atomic E-state index is 11.3. The quantitative estimate of drug-likeness (QED) is 0.623. The summed E-state index contributed by atoms with van der Waals surface area (Å²) >= 11 is 0. The van der Waals surface area contributed by atoms with Crippen LogP contribution in [-0.2, 0) is 19.6 Å². The number of nitrogens with zero attached hydrogens (tertiary/aromatic N) is 1. The monoisotopic (exact) mass is 225 g/mol. The van der Waals surface area contributed by atoms with E-state index in [1.54, 1.807) is 0 Å². The standard InChI is InChI=1S/C7H15NO5S/c1-8(4-5-13-2)14(11,12)6-3-7(9)10/h3-6H2,1-2H3,(H,9,10). The summed E-state index contributed by atoms with van der Waals surface area (Å²) in [5, 5.41) is 8.33. The third kappa shape index (κ3) is 5.15. The third-order valence-electron chi connectivity index (χ3n) is 1.66. The Labute approximate surface area is 83.5 Å². The van der Waals surface area contributed by atoms with Gasteiger partial charge in [0.1, 0.15) is 0 Å². The summed E-state index contributed by atoms with van der Waals surface area (Å²) in [6.07, 6.45) is -0.375. The van der Waals surface area contributed by atoms with Crippen LogP contribution in [0.1, 0.15) is 6.42 Å². The molecule has 7 heteroatoms. The van der Waals surface area contributed by atoms with Crippen molar-refractivity contribution in [2.45, 2.75) is 6.42 Å². The fourth-order valence-electron chi connectivity index (χ4n) is 0.731. The minimum atomic E-state index is -3.46. The summed E-state index contributed by atoms with van der Waals surface area (Å²) in [4.78, 5) is 10.2. The number of carboxylic acids is 1. The van der Waals surface area contributed by atoms with E-state index in [1.165, 1.54) is 14.2 Å². The third-order valence-corrected chi connectivity index (χ3v) is 3.51. The molecule has 0 amide bonds. The maximum Gasteiger partial charge on any atom is 0.304 e. The van der Waals surface area contributed by atoms with Crippen molar-refractivity contribution in [2.24, 2.45) is 0 Å². The Balaban J connectivity index is 4.10. The topological polar surface area (TPSA) is 83.9 Å². The highest BCUT2D eigenvalue weighted by atomic mass is 32.2. The summed E-state index contributed by atoms with van der Waals surface area (Å²) in [6.45, 7) is 0.529.